The molecule has 26 heavy (non-hydrogen) atoms. The number of piperidine rings is 1. The molecule has 0 aliphatic carbocycles. The Hall–Kier alpha value is -2.14. The number of hydroxylamine groups is 2. The van der Waals surface area contributed by atoms with Crippen molar-refractivity contribution in [2.45, 2.75) is 40.5 Å². The fourth-order valence-electron chi connectivity index (χ4n) is 2.89. The number of carbonyl (C=O) groups is 2. The quantitative estimate of drug-likeness (QED) is 0.590. The van der Waals surface area contributed by atoms with Crippen molar-refractivity contribution in [2.24, 2.45) is 11.3 Å². The maximum Gasteiger partial charge on any atom is 0.331 e. The minimum absolute atomic E-state index is 0.221. The lowest BCUT2D eigenvalue weighted by atomic mass is 9.85. The smallest absolute Gasteiger partial charge is 0.331 e. The average molecular weight is 359 g/mol. The Morgan fingerprint density at radius 1 is 1.15 bits per heavy atom. The van der Waals surface area contributed by atoms with Crippen molar-refractivity contribution in [3.63, 3.8) is 0 Å². The van der Waals surface area contributed by atoms with Gasteiger partial charge in [-0.05, 0) is 57.6 Å². The third kappa shape index (κ3) is 5.70. The summed E-state index contributed by atoms with van der Waals surface area (Å²) in [6.45, 7) is 9.00. The first kappa shape index (κ1) is 20.2. The van der Waals surface area contributed by atoms with Gasteiger partial charge in [0.15, 0.2) is 0 Å². The Kier molecular flexibility index (Phi) is 6.98. The van der Waals surface area contributed by atoms with Crippen LogP contribution in [0.3, 0.4) is 0 Å². The predicted octanol–water partition coefficient (Wildman–Crippen LogP) is 3.85. The molecule has 1 aromatic rings. The van der Waals surface area contributed by atoms with Crippen LogP contribution in [0.25, 0.3) is 5.57 Å². The number of hydrogen-bond donors (Lipinski definition) is 0. The number of nitrogens with zero attached hydrogens (tertiary/aromatic N) is 1. The van der Waals surface area contributed by atoms with Crippen molar-refractivity contribution >= 4 is 17.5 Å². The van der Waals surface area contributed by atoms with Crippen LogP contribution in [0.4, 0.5) is 0 Å². The number of benzene rings is 1. The molecule has 0 bridgehead atoms. The first-order chi connectivity index (χ1) is 12.3. The van der Waals surface area contributed by atoms with Crippen LogP contribution in [0.5, 0.6) is 0 Å². The first-order valence-corrected chi connectivity index (χ1v) is 9.22. The molecule has 1 aliphatic rings. The molecule has 5 heteroatoms. The van der Waals surface area contributed by atoms with E-state index in [1.165, 1.54) is 0 Å². The van der Waals surface area contributed by atoms with Crippen LogP contribution >= 0.6 is 0 Å². The van der Waals surface area contributed by atoms with Crippen molar-refractivity contribution in [3.8, 4) is 0 Å². The molecule has 142 valence electrons. The fraction of sp³-hybridized carbons (Fsp3) is 0.524. The van der Waals surface area contributed by atoms with Crippen LogP contribution in [0.2, 0.25) is 0 Å². The van der Waals surface area contributed by atoms with E-state index < -0.39 is 5.41 Å². The molecule has 5 nitrogen and oxygen atoms in total. The van der Waals surface area contributed by atoms with Gasteiger partial charge in [0, 0.05) is 19.2 Å². The third-order valence-electron chi connectivity index (χ3n) is 4.39. The lowest BCUT2D eigenvalue weighted by Crippen LogP contribution is -2.39. The van der Waals surface area contributed by atoms with E-state index in [1.807, 2.05) is 51.1 Å². The van der Waals surface area contributed by atoms with Gasteiger partial charge in [0.05, 0.1) is 12.0 Å². The molecule has 2 rings (SSSR count). The molecule has 0 unspecified atom stereocenters. The Balaban J connectivity index is 2.07. The van der Waals surface area contributed by atoms with Crippen LogP contribution in [0.15, 0.2) is 36.4 Å². The van der Waals surface area contributed by atoms with E-state index in [-0.39, 0.29) is 17.9 Å². The molecule has 0 aromatic heterocycles. The molecule has 0 spiro atoms. The van der Waals surface area contributed by atoms with Gasteiger partial charge in [-0.1, -0.05) is 30.3 Å². The molecule has 1 heterocycles. The zero-order valence-corrected chi connectivity index (χ0v) is 16.2. The van der Waals surface area contributed by atoms with E-state index in [9.17, 15) is 9.59 Å². The van der Waals surface area contributed by atoms with E-state index in [0.29, 0.717) is 19.7 Å². The Bertz CT molecular complexity index is 638. The van der Waals surface area contributed by atoms with E-state index >= 15 is 0 Å². The van der Waals surface area contributed by atoms with E-state index in [4.69, 9.17) is 9.57 Å². The summed E-state index contributed by atoms with van der Waals surface area (Å²) < 4.78 is 5.10. The summed E-state index contributed by atoms with van der Waals surface area (Å²) in [7, 11) is 0. The number of ether oxygens (including phenoxy) is 1. The molecule has 0 amide bonds. The van der Waals surface area contributed by atoms with Gasteiger partial charge < -0.3 is 9.57 Å². The Morgan fingerprint density at radius 3 is 2.31 bits per heavy atom. The topological polar surface area (TPSA) is 55.8 Å². The summed E-state index contributed by atoms with van der Waals surface area (Å²) in [6, 6.07) is 9.91. The highest BCUT2D eigenvalue weighted by atomic mass is 16.7. The van der Waals surface area contributed by atoms with Crippen LogP contribution in [0, 0.1) is 11.3 Å². The molecule has 0 saturated carbocycles. The second kappa shape index (κ2) is 8.99. The van der Waals surface area contributed by atoms with E-state index in [0.717, 1.165) is 24.0 Å². The van der Waals surface area contributed by atoms with Gasteiger partial charge in [-0.15, -0.1) is 5.06 Å². The van der Waals surface area contributed by atoms with Gasteiger partial charge in [0.25, 0.3) is 0 Å². The van der Waals surface area contributed by atoms with Gasteiger partial charge in [0.1, 0.15) is 0 Å². The lowest BCUT2D eigenvalue weighted by Gasteiger charge is -2.33. The zero-order valence-electron chi connectivity index (χ0n) is 16.2. The van der Waals surface area contributed by atoms with Crippen LogP contribution in [0.1, 0.15) is 46.1 Å². The van der Waals surface area contributed by atoms with E-state index in [2.05, 4.69) is 0 Å². The molecular formula is C21H29NO4. The number of allylic oxidation sites excluding steroid dienone is 1. The van der Waals surface area contributed by atoms with Crippen molar-refractivity contribution in [1.82, 2.24) is 5.06 Å². The highest BCUT2D eigenvalue weighted by Crippen LogP contribution is 2.32. The number of esters is 1. The van der Waals surface area contributed by atoms with Gasteiger partial charge >= 0.3 is 11.9 Å². The van der Waals surface area contributed by atoms with Crippen molar-refractivity contribution in [3.05, 3.63) is 42.0 Å². The Morgan fingerprint density at radius 2 is 1.77 bits per heavy atom. The maximum atomic E-state index is 12.1. The minimum atomic E-state index is -0.518. The highest BCUT2D eigenvalue weighted by molar-refractivity contribution is 5.92. The minimum Gasteiger partial charge on any atom is -0.463 e. The SMILES string of the molecule is CCOC(=O)/C=C(/c1ccccc1)C1CCN(OC(=O)C(C)(C)C)CC1. The van der Waals surface area contributed by atoms with Gasteiger partial charge in [0.2, 0.25) is 0 Å². The highest BCUT2D eigenvalue weighted by Gasteiger charge is 2.29. The van der Waals surface area contributed by atoms with Crippen LogP contribution in [-0.4, -0.2) is 36.7 Å². The number of carbonyl (C=O) groups excluding carboxylic acids is 2. The zero-order chi connectivity index (χ0) is 19.2. The summed E-state index contributed by atoms with van der Waals surface area (Å²) in [5, 5.41) is 1.73. The van der Waals surface area contributed by atoms with Crippen LogP contribution in [-0.2, 0) is 19.2 Å². The van der Waals surface area contributed by atoms with E-state index in [1.54, 1.807) is 18.1 Å². The molecular weight excluding hydrogens is 330 g/mol. The average Bonchev–Trinajstić information content (AvgIpc) is 2.61. The van der Waals surface area contributed by atoms with Crippen molar-refractivity contribution < 1.29 is 19.2 Å². The van der Waals surface area contributed by atoms with Crippen LogP contribution < -0.4 is 0 Å². The standard InChI is InChI=1S/C21H29NO4/c1-5-25-19(23)15-18(16-9-7-6-8-10-16)17-11-13-22(14-12-17)26-20(24)21(2,3)4/h6-10,15,17H,5,11-14H2,1-4H3/b18-15-. The summed E-state index contributed by atoms with van der Waals surface area (Å²) in [5.41, 5.74) is 1.51. The monoisotopic (exact) mass is 359 g/mol. The number of hydrogen-bond acceptors (Lipinski definition) is 5. The summed E-state index contributed by atoms with van der Waals surface area (Å²) in [5.74, 6) is -0.305. The molecule has 0 atom stereocenters. The molecule has 1 aromatic carbocycles. The predicted molar refractivity (Wildman–Crippen MR) is 101 cm³/mol. The lowest BCUT2D eigenvalue weighted by molar-refractivity contribution is -0.205. The Labute approximate surface area is 155 Å². The summed E-state index contributed by atoms with van der Waals surface area (Å²) in [4.78, 5) is 29.6. The molecule has 1 saturated heterocycles. The summed E-state index contributed by atoms with van der Waals surface area (Å²) in [6.07, 6.45) is 3.25. The van der Waals surface area contributed by atoms with Crippen molar-refractivity contribution in [1.29, 1.82) is 0 Å². The third-order valence-corrected chi connectivity index (χ3v) is 4.39. The number of rotatable bonds is 5. The summed E-state index contributed by atoms with van der Waals surface area (Å²) >= 11 is 0. The van der Waals surface area contributed by atoms with Gasteiger partial charge in [-0.2, -0.15) is 0 Å². The first-order valence-electron chi connectivity index (χ1n) is 9.22. The van der Waals surface area contributed by atoms with Gasteiger partial charge in [-0.25, -0.2) is 9.59 Å². The molecule has 0 radical (unpaired) electrons. The normalized spacial score (nSPS) is 17.0. The van der Waals surface area contributed by atoms with Crippen molar-refractivity contribution in [2.75, 3.05) is 19.7 Å². The second-order valence-electron chi connectivity index (χ2n) is 7.55. The second-order valence-corrected chi connectivity index (χ2v) is 7.55. The molecule has 1 aliphatic heterocycles. The maximum absolute atomic E-state index is 12.1. The van der Waals surface area contributed by atoms with Gasteiger partial charge in [-0.3, -0.25) is 0 Å². The largest absolute Gasteiger partial charge is 0.463 e. The fourth-order valence-corrected chi connectivity index (χ4v) is 2.89. The molecule has 0 N–H and O–H groups in total. The molecule has 1 fully saturated rings.